The quantitative estimate of drug-likeness (QED) is 0.137. The summed E-state index contributed by atoms with van der Waals surface area (Å²) >= 11 is 0. The molecule has 0 atom stereocenters. The Morgan fingerprint density at radius 1 is 0.254 bits per heavy atom. The Bertz CT molecular complexity index is 3630. The van der Waals surface area contributed by atoms with E-state index in [1.807, 2.05) is 12.1 Å². The first-order chi connectivity index (χ1) is 33.2. The topological polar surface area (TPSA) is 19.6 Å². The predicted molar refractivity (Wildman–Crippen MR) is 282 cm³/mol. The van der Waals surface area contributed by atoms with Crippen LogP contribution in [0.5, 0.6) is 0 Å². The number of nitrogens with zero attached hydrogens (tertiary/aromatic N) is 2. The van der Waals surface area contributed by atoms with Gasteiger partial charge in [-0.3, -0.25) is 0 Å². The predicted octanol–water partition coefficient (Wildman–Crippen LogP) is 18.3. The number of fused-ring (bicyclic) bond motifs is 4. The van der Waals surface area contributed by atoms with E-state index in [0.29, 0.717) is 0 Å². The van der Waals surface area contributed by atoms with Gasteiger partial charge in [-0.2, -0.15) is 0 Å². The molecule has 0 radical (unpaired) electrons. The molecule has 0 aliphatic rings. The van der Waals surface area contributed by atoms with Crippen molar-refractivity contribution in [3.05, 3.63) is 267 Å². The number of anilines is 6. The molecule has 1 aromatic heterocycles. The molecule has 0 saturated carbocycles. The van der Waals surface area contributed by atoms with Crippen molar-refractivity contribution in [3.8, 4) is 44.5 Å². The molecular formula is C64H44N2O. The summed E-state index contributed by atoms with van der Waals surface area (Å²) in [6.07, 6.45) is 0. The SMILES string of the molecule is c1ccc(-c2c(N(c3ccc(-c4ccccc4-c4ccccc4-c4ccc(N(c5ccccc5)c5ccccc5)cc4)cc3)c3ccc4c(c3)oc3ccccc34)ccc3ccccc23)cc1. The molecule has 1 heterocycles. The van der Waals surface area contributed by atoms with Crippen LogP contribution in [0, 0.1) is 0 Å². The van der Waals surface area contributed by atoms with Crippen LogP contribution < -0.4 is 9.80 Å². The van der Waals surface area contributed by atoms with Gasteiger partial charge in [0.15, 0.2) is 0 Å². The lowest BCUT2D eigenvalue weighted by Crippen LogP contribution is -2.11. The molecule has 0 aliphatic heterocycles. The Balaban J connectivity index is 0.952. The molecule has 0 amide bonds. The number of benzene rings is 11. The summed E-state index contributed by atoms with van der Waals surface area (Å²) in [5, 5.41) is 4.61. The van der Waals surface area contributed by atoms with Gasteiger partial charge in [-0.05, 0) is 123 Å². The lowest BCUT2D eigenvalue weighted by molar-refractivity contribution is 0.669. The molecule has 12 aromatic rings. The van der Waals surface area contributed by atoms with Gasteiger partial charge in [0.2, 0.25) is 0 Å². The molecule has 0 N–H and O–H groups in total. The average Bonchev–Trinajstić information content (AvgIpc) is 3.78. The van der Waals surface area contributed by atoms with Gasteiger partial charge in [-0.25, -0.2) is 0 Å². The summed E-state index contributed by atoms with van der Waals surface area (Å²) in [5.74, 6) is 0. The van der Waals surface area contributed by atoms with Crippen LogP contribution in [-0.4, -0.2) is 0 Å². The molecule has 0 bridgehead atoms. The standard InChI is InChI=1S/C64H44N2O/c1-4-19-48(20-5-1)64-56-27-11-10-18-45(56)36-43-61(64)66(53-41-42-60-59-30-16-17-31-62(59)67-63(60)44-53)52-39-34-47(35-40-52)55-26-13-15-29-58(55)57-28-14-12-25-54(57)46-32-37-51(38-33-46)65(49-21-6-2-7-22-49)50-23-8-3-9-24-50/h1-44H. The number of para-hydroxylation sites is 3. The summed E-state index contributed by atoms with van der Waals surface area (Å²) in [5.41, 5.74) is 17.6. The van der Waals surface area contributed by atoms with E-state index in [4.69, 9.17) is 4.42 Å². The van der Waals surface area contributed by atoms with Crippen molar-refractivity contribution < 1.29 is 4.42 Å². The van der Waals surface area contributed by atoms with Crippen molar-refractivity contribution in [1.82, 2.24) is 0 Å². The van der Waals surface area contributed by atoms with Crippen LogP contribution in [0.2, 0.25) is 0 Å². The molecule has 0 fully saturated rings. The minimum absolute atomic E-state index is 0.856. The summed E-state index contributed by atoms with van der Waals surface area (Å²) in [7, 11) is 0. The molecule has 0 unspecified atom stereocenters. The Morgan fingerprint density at radius 2 is 0.701 bits per heavy atom. The maximum absolute atomic E-state index is 6.50. The first-order valence-electron chi connectivity index (χ1n) is 22.8. The third kappa shape index (κ3) is 7.39. The van der Waals surface area contributed by atoms with Crippen LogP contribution in [0.4, 0.5) is 34.1 Å². The number of furan rings is 1. The number of rotatable bonds is 10. The molecule has 12 rings (SSSR count). The fourth-order valence-corrected chi connectivity index (χ4v) is 9.76. The second-order valence-electron chi connectivity index (χ2n) is 16.9. The number of hydrogen-bond donors (Lipinski definition) is 0. The molecule has 67 heavy (non-hydrogen) atoms. The zero-order valence-electron chi connectivity index (χ0n) is 36.7. The maximum Gasteiger partial charge on any atom is 0.137 e. The Hall–Kier alpha value is -8.92. The van der Waals surface area contributed by atoms with Crippen molar-refractivity contribution >= 4 is 66.8 Å². The summed E-state index contributed by atoms with van der Waals surface area (Å²) in [6.45, 7) is 0. The van der Waals surface area contributed by atoms with E-state index < -0.39 is 0 Å². The highest BCUT2D eigenvalue weighted by molar-refractivity contribution is 6.08. The first-order valence-corrected chi connectivity index (χ1v) is 22.8. The molecular weight excluding hydrogens is 813 g/mol. The van der Waals surface area contributed by atoms with Gasteiger partial charge >= 0.3 is 0 Å². The lowest BCUT2D eigenvalue weighted by Gasteiger charge is -2.29. The van der Waals surface area contributed by atoms with Gasteiger partial charge in [0.25, 0.3) is 0 Å². The van der Waals surface area contributed by atoms with Crippen molar-refractivity contribution in [2.75, 3.05) is 9.80 Å². The third-order valence-electron chi connectivity index (χ3n) is 12.9. The minimum Gasteiger partial charge on any atom is -0.456 e. The summed E-state index contributed by atoms with van der Waals surface area (Å²) < 4.78 is 6.50. The normalized spacial score (nSPS) is 11.3. The van der Waals surface area contributed by atoms with E-state index in [1.165, 1.54) is 38.6 Å². The van der Waals surface area contributed by atoms with E-state index in [0.717, 1.165) is 72.8 Å². The highest BCUT2D eigenvalue weighted by atomic mass is 16.3. The fraction of sp³-hybridized carbons (Fsp3) is 0. The average molecular weight is 857 g/mol. The zero-order valence-corrected chi connectivity index (χ0v) is 36.7. The molecule has 3 heteroatoms. The van der Waals surface area contributed by atoms with Gasteiger partial charge < -0.3 is 14.2 Å². The van der Waals surface area contributed by atoms with Crippen LogP contribution in [0.3, 0.4) is 0 Å². The monoisotopic (exact) mass is 856 g/mol. The van der Waals surface area contributed by atoms with Gasteiger partial charge in [-0.15, -0.1) is 0 Å². The van der Waals surface area contributed by atoms with Gasteiger partial charge in [0.1, 0.15) is 11.2 Å². The van der Waals surface area contributed by atoms with E-state index in [-0.39, 0.29) is 0 Å². The smallest absolute Gasteiger partial charge is 0.137 e. The highest BCUT2D eigenvalue weighted by Crippen LogP contribution is 2.47. The van der Waals surface area contributed by atoms with Gasteiger partial charge in [0.05, 0.1) is 5.69 Å². The van der Waals surface area contributed by atoms with Crippen LogP contribution in [-0.2, 0) is 0 Å². The van der Waals surface area contributed by atoms with Crippen LogP contribution >= 0.6 is 0 Å². The molecule has 11 aromatic carbocycles. The second-order valence-corrected chi connectivity index (χ2v) is 16.9. The lowest BCUT2D eigenvalue weighted by atomic mass is 9.89. The minimum atomic E-state index is 0.856. The first kappa shape index (κ1) is 39.7. The van der Waals surface area contributed by atoms with Crippen molar-refractivity contribution in [3.63, 3.8) is 0 Å². The molecule has 0 saturated heterocycles. The molecule has 0 aliphatic carbocycles. The highest BCUT2D eigenvalue weighted by Gasteiger charge is 2.22. The van der Waals surface area contributed by atoms with Crippen LogP contribution in [0.1, 0.15) is 0 Å². The van der Waals surface area contributed by atoms with E-state index in [2.05, 4.69) is 265 Å². The Kier molecular flexibility index (Phi) is 10.2. The Labute approximate surface area is 390 Å². The van der Waals surface area contributed by atoms with E-state index in [1.54, 1.807) is 0 Å². The second kappa shape index (κ2) is 17.2. The Morgan fingerprint density at radius 3 is 1.31 bits per heavy atom. The van der Waals surface area contributed by atoms with Crippen LogP contribution in [0.25, 0.3) is 77.2 Å². The fourth-order valence-electron chi connectivity index (χ4n) is 9.76. The largest absolute Gasteiger partial charge is 0.456 e. The zero-order chi connectivity index (χ0) is 44.5. The van der Waals surface area contributed by atoms with E-state index >= 15 is 0 Å². The molecule has 3 nitrogen and oxygen atoms in total. The van der Waals surface area contributed by atoms with Crippen molar-refractivity contribution in [2.24, 2.45) is 0 Å². The third-order valence-corrected chi connectivity index (χ3v) is 12.9. The van der Waals surface area contributed by atoms with Crippen molar-refractivity contribution in [1.29, 1.82) is 0 Å². The summed E-state index contributed by atoms with van der Waals surface area (Å²) in [4.78, 5) is 4.68. The van der Waals surface area contributed by atoms with Gasteiger partial charge in [-0.1, -0.05) is 188 Å². The molecule has 316 valence electrons. The maximum atomic E-state index is 6.50. The van der Waals surface area contributed by atoms with Gasteiger partial charge in [0, 0.05) is 50.8 Å². The summed E-state index contributed by atoms with van der Waals surface area (Å²) in [6, 6.07) is 95.5. The number of hydrogen-bond acceptors (Lipinski definition) is 3. The molecule has 0 spiro atoms. The van der Waals surface area contributed by atoms with Crippen LogP contribution in [0.15, 0.2) is 271 Å². The van der Waals surface area contributed by atoms with E-state index in [9.17, 15) is 0 Å². The van der Waals surface area contributed by atoms with Crippen molar-refractivity contribution in [2.45, 2.75) is 0 Å².